The Morgan fingerprint density at radius 1 is 1.15 bits per heavy atom. The number of hydrogen-bond acceptors (Lipinski definition) is 4. The Morgan fingerprint density at radius 3 is 2.65 bits per heavy atom. The lowest BCUT2D eigenvalue weighted by molar-refractivity contribution is 0.233. The molecule has 4 heteroatoms. The fourth-order valence-corrected chi connectivity index (χ4v) is 1.84. The van der Waals surface area contributed by atoms with Crippen LogP contribution in [-0.4, -0.2) is 24.7 Å². The van der Waals surface area contributed by atoms with Gasteiger partial charge in [0.15, 0.2) is 0 Å². The molecule has 1 aromatic heterocycles. The Labute approximate surface area is 119 Å². The minimum atomic E-state index is 0.0319. The first-order chi connectivity index (χ1) is 9.67. The number of hydrogen-bond donors (Lipinski definition) is 1. The molecule has 0 radical (unpaired) electrons. The van der Waals surface area contributed by atoms with Crippen molar-refractivity contribution in [1.82, 2.24) is 4.98 Å². The molecule has 2 rings (SSSR count). The second kappa shape index (κ2) is 6.80. The molecular formula is C16H20N2O2. The summed E-state index contributed by atoms with van der Waals surface area (Å²) in [6, 6.07) is 13.5. The number of aromatic nitrogens is 1. The van der Waals surface area contributed by atoms with Gasteiger partial charge in [-0.05, 0) is 38.1 Å². The summed E-state index contributed by atoms with van der Waals surface area (Å²) in [6.07, 6.45) is 0.0319. The SMILES string of the molecule is COc1cccc(OC(C)CNc2cccc(C)n2)c1. The third-order valence-corrected chi connectivity index (χ3v) is 2.84. The second-order valence-corrected chi connectivity index (χ2v) is 4.65. The van der Waals surface area contributed by atoms with Crippen molar-refractivity contribution < 1.29 is 9.47 Å². The van der Waals surface area contributed by atoms with Gasteiger partial charge in [0.1, 0.15) is 23.4 Å². The maximum atomic E-state index is 5.84. The van der Waals surface area contributed by atoms with Gasteiger partial charge in [0.2, 0.25) is 0 Å². The molecule has 4 nitrogen and oxygen atoms in total. The van der Waals surface area contributed by atoms with Gasteiger partial charge < -0.3 is 14.8 Å². The van der Waals surface area contributed by atoms with Gasteiger partial charge in [-0.25, -0.2) is 4.98 Å². The molecule has 0 amide bonds. The van der Waals surface area contributed by atoms with Crippen LogP contribution in [0.1, 0.15) is 12.6 Å². The van der Waals surface area contributed by atoms with E-state index >= 15 is 0 Å². The van der Waals surface area contributed by atoms with E-state index < -0.39 is 0 Å². The second-order valence-electron chi connectivity index (χ2n) is 4.65. The number of anilines is 1. The lowest BCUT2D eigenvalue weighted by Gasteiger charge is -2.16. The van der Waals surface area contributed by atoms with E-state index in [2.05, 4.69) is 10.3 Å². The number of ether oxygens (including phenoxy) is 2. The van der Waals surface area contributed by atoms with Crippen molar-refractivity contribution in [3.05, 3.63) is 48.2 Å². The van der Waals surface area contributed by atoms with Crippen molar-refractivity contribution in [2.75, 3.05) is 19.0 Å². The third-order valence-electron chi connectivity index (χ3n) is 2.84. The van der Waals surface area contributed by atoms with Gasteiger partial charge in [-0.3, -0.25) is 0 Å². The predicted octanol–water partition coefficient (Wildman–Crippen LogP) is 3.28. The maximum absolute atomic E-state index is 5.84. The minimum Gasteiger partial charge on any atom is -0.497 e. The quantitative estimate of drug-likeness (QED) is 0.876. The summed E-state index contributed by atoms with van der Waals surface area (Å²) in [5, 5.41) is 3.27. The third kappa shape index (κ3) is 4.16. The van der Waals surface area contributed by atoms with Gasteiger partial charge in [0.05, 0.1) is 13.7 Å². The number of aryl methyl sites for hydroxylation is 1. The zero-order valence-corrected chi connectivity index (χ0v) is 12.1. The Bertz CT molecular complexity index is 558. The molecule has 0 aliphatic heterocycles. The van der Waals surface area contributed by atoms with Crippen molar-refractivity contribution in [2.24, 2.45) is 0 Å². The molecule has 1 aromatic carbocycles. The van der Waals surface area contributed by atoms with E-state index in [0.29, 0.717) is 6.54 Å². The molecule has 0 saturated carbocycles. The monoisotopic (exact) mass is 272 g/mol. The van der Waals surface area contributed by atoms with E-state index in [1.54, 1.807) is 7.11 Å². The highest BCUT2D eigenvalue weighted by molar-refractivity contribution is 5.36. The molecule has 1 heterocycles. The summed E-state index contributed by atoms with van der Waals surface area (Å²) in [5.41, 5.74) is 0.997. The molecule has 0 spiro atoms. The lowest BCUT2D eigenvalue weighted by Crippen LogP contribution is -2.23. The molecule has 2 aromatic rings. The number of rotatable bonds is 6. The summed E-state index contributed by atoms with van der Waals surface area (Å²) < 4.78 is 11.0. The van der Waals surface area contributed by atoms with Crippen LogP contribution in [0.3, 0.4) is 0 Å². The van der Waals surface area contributed by atoms with Crippen LogP contribution in [0.5, 0.6) is 11.5 Å². The van der Waals surface area contributed by atoms with Gasteiger partial charge in [-0.15, -0.1) is 0 Å². The zero-order valence-electron chi connectivity index (χ0n) is 12.1. The molecular weight excluding hydrogens is 252 g/mol. The Hall–Kier alpha value is -2.23. The molecule has 0 aliphatic carbocycles. The lowest BCUT2D eigenvalue weighted by atomic mass is 10.3. The van der Waals surface area contributed by atoms with Crippen molar-refractivity contribution in [3.63, 3.8) is 0 Å². The zero-order chi connectivity index (χ0) is 14.4. The number of nitrogens with zero attached hydrogens (tertiary/aromatic N) is 1. The first-order valence-corrected chi connectivity index (χ1v) is 6.65. The van der Waals surface area contributed by atoms with Gasteiger partial charge in [0, 0.05) is 11.8 Å². The number of nitrogens with one attached hydrogen (secondary N) is 1. The van der Waals surface area contributed by atoms with Gasteiger partial charge in [-0.2, -0.15) is 0 Å². The normalized spacial score (nSPS) is 11.8. The molecule has 0 fully saturated rings. The van der Waals surface area contributed by atoms with Crippen LogP contribution in [0, 0.1) is 6.92 Å². The van der Waals surface area contributed by atoms with Crippen molar-refractivity contribution in [2.45, 2.75) is 20.0 Å². The van der Waals surface area contributed by atoms with E-state index in [0.717, 1.165) is 23.0 Å². The molecule has 1 N–H and O–H groups in total. The van der Waals surface area contributed by atoms with Gasteiger partial charge in [-0.1, -0.05) is 12.1 Å². The first-order valence-electron chi connectivity index (χ1n) is 6.65. The summed E-state index contributed by atoms with van der Waals surface area (Å²) in [4.78, 5) is 4.39. The highest BCUT2D eigenvalue weighted by Gasteiger charge is 2.05. The smallest absolute Gasteiger partial charge is 0.126 e. The molecule has 106 valence electrons. The van der Waals surface area contributed by atoms with E-state index in [1.807, 2.05) is 56.3 Å². The predicted molar refractivity (Wildman–Crippen MR) is 80.5 cm³/mol. The molecule has 1 atom stereocenters. The fraction of sp³-hybridized carbons (Fsp3) is 0.312. The number of benzene rings is 1. The van der Waals surface area contributed by atoms with Crippen LogP contribution in [0.25, 0.3) is 0 Å². The van der Waals surface area contributed by atoms with E-state index in [9.17, 15) is 0 Å². The highest BCUT2D eigenvalue weighted by atomic mass is 16.5. The Kier molecular flexibility index (Phi) is 4.82. The minimum absolute atomic E-state index is 0.0319. The van der Waals surface area contributed by atoms with Gasteiger partial charge >= 0.3 is 0 Å². The Morgan fingerprint density at radius 2 is 1.90 bits per heavy atom. The van der Waals surface area contributed by atoms with Crippen LogP contribution in [-0.2, 0) is 0 Å². The van der Waals surface area contributed by atoms with Crippen LogP contribution in [0.15, 0.2) is 42.5 Å². The summed E-state index contributed by atoms with van der Waals surface area (Å²) in [6.45, 7) is 4.68. The average molecular weight is 272 g/mol. The molecule has 1 unspecified atom stereocenters. The largest absolute Gasteiger partial charge is 0.497 e. The standard InChI is InChI=1S/C16H20N2O2/c1-12-6-4-9-16(18-12)17-11-13(2)20-15-8-5-7-14(10-15)19-3/h4-10,13H,11H2,1-3H3,(H,17,18). The van der Waals surface area contributed by atoms with Crippen LogP contribution in [0.4, 0.5) is 5.82 Å². The Balaban J connectivity index is 1.87. The highest BCUT2D eigenvalue weighted by Crippen LogP contribution is 2.20. The molecule has 0 bridgehead atoms. The fourth-order valence-electron chi connectivity index (χ4n) is 1.84. The van der Waals surface area contributed by atoms with Gasteiger partial charge in [0.25, 0.3) is 0 Å². The van der Waals surface area contributed by atoms with Crippen LogP contribution >= 0.6 is 0 Å². The van der Waals surface area contributed by atoms with E-state index in [-0.39, 0.29) is 6.10 Å². The topological polar surface area (TPSA) is 43.4 Å². The van der Waals surface area contributed by atoms with E-state index in [4.69, 9.17) is 9.47 Å². The van der Waals surface area contributed by atoms with Crippen LogP contribution in [0.2, 0.25) is 0 Å². The molecule has 0 saturated heterocycles. The molecule has 20 heavy (non-hydrogen) atoms. The van der Waals surface area contributed by atoms with Crippen molar-refractivity contribution in [1.29, 1.82) is 0 Å². The first kappa shape index (κ1) is 14.2. The summed E-state index contributed by atoms with van der Waals surface area (Å²) >= 11 is 0. The molecule has 0 aliphatic rings. The maximum Gasteiger partial charge on any atom is 0.126 e. The number of pyridine rings is 1. The van der Waals surface area contributed by atoms with Crippen molar-refractivity contribution in [3.8, 4) is 11.5 Å². The summed E-state index contributed by atoms with van der Waals surface area (Å²) in [7, 11) is 1.65. The number of methoxy groups -OCH3 is 1. The van der Waals surface area contributed by atoms with E-state index in [1.165, 1.54) is 0 Å². The van der Waals surface area contributed by atoms with Crippen LogP contribution < -0.4 is 14.8 Å². The average Bonchev–Trinajstić information content (AvgIpc) is 2.45. The van der Waals surface area contributed by atoms with Crippen molar-refractivity contribution >= 4 is 5.82 Å². The summed E-state index contributed by atoms with van der Waals surface area (Å²) in [5.74, 6) is 2.46.